The van der Waals surface area contributed by atoms with E-state index in [1.807, 2.05) is 12.1 Å². The molecule has 0 spiro atoms. The molecule has 130 valence electrons. The molecule has 8 heteroatoms. The topological polar surface area (TPSA) is 108 Å². The number of rotatable bonds is 0. The number of nitrogens with one attached hydrogen (secondary N) is 1. The van der Waals surface area contributed by atoms with Crippen molar-refractivity contribution in [1.29, 1.82) is 0 Å². The van der Waals surface area contributed by atoms with Gasteiger partial charge in [0.05, 0.1) is 25.3 Å². The molecule has 0 unspecified atom stereocenters. The normalized spacial score (nSPS) is 15.2. The fourth-order valence-corrected chi connectivity index (χ4v) is 2.95. The summed E-state index contributed by atoms with van der Waals surface area (Å²) in [6.45, 7) is 1.43. The molecule has 0 amide bonds. The standard InChI is InChI=1S/C17H19N5O3/c18-16-15-12-9-14(20-16)25-8-3-1-2-7-24-13-5-4-6-19-11(13)10-22(12)17(23)21-15/h4-6,9H,1-3,7-8,10H2,(H2,18,20)(H,21,23). The summed E-state index contributed by atoms with van der Waals surface area (Å²) in [6, 6.07) is 5.44. The van der Waals surface area contributed by atoms with E-state index in [4.69, 9.17) is 15.2 Å². The zero-order chi connectivity index (χ0) is 17.2. The van der Waals surface area contributed by atoms with Gasteiger partial charge in [0.15, 0.2) is 5.82 Å². The van der Waals surface area contributed by atoms with Gasteiger partial charge in [0.1, 0.15) is 17.0 Å². The number of H-pyrrole nitrogens is 1. The first-order valence-electron chi connectivity index (χ1n) is 8.31. The number of hydrogen-bond donors (Lipinski definition) is 2. The smallest absolute Gasteiger partial charge is 0.326 e. The van der Waals surface area contributed by atoms with Crippen molar-refractivity contribution in [2.24, 2.45) is 0 Å². The molecule has 0 fully saturated rings. The Morgan fingerprint density at radius 2 is 2.04 bits per heavy atom. The molecule has 3 N–H and O–H groups in total. The quantitative estimate of drug-likeness (QED) is 0.644. The number of nitrogens with two attached hydrogens (primary N) is 1. The molecular formula is C17H19N5O3. The summed E-state index contributed by atoms with van der Waals surface area (Å²) < 4.78 is 13.1. The summed E-state index contributed by atoms with van der Waals surface area (Å²) in [4.78, 5) is 23.8. The van der Waals surface area contributed by atoms with Crippen LogP contribution in [0.25, 0.3) is 11.0 Å². The van der Waals surface area contributed by atoms with Gasteiger partial charge < -0.3 is 20.2 Å². The molecule has 4 rings (SSSR count). The van der Waals surface area contributed by atoms with Crippen LogP contribution in [-0.4, -0.2) is 32.7 Å². The van der Waals surface area contributed by atoms with Crippen molar-refractivity contribution < 1.29 is 9.47 Å². The molecule has 8 nitrogen and oxygen atoms in total. The Balaban J connectivity index is 1.85. The molecule has 0 radical (unpaired) electrons. The third-order valence-corrected chi connectivity index (χ3v) is 4.22. The van der Waals surface area contributed by atoms with E-state index in [9.17, 15) is 4.79 Å². The number of fused-ring (bicyclic) bond motifs is 2. The molecule has 3 aromatic heterocycles. The third-order valence-electron chi connectivity index (χ3n) is 4.22. The number of nitrogens with zero attached hydrogens (tertiary/aromatic N) is 3. The van der Waals surface area contributed by atoms with Crippen LogP contribution < -0.4 is 20.9 Å². The van der Waals surface area contributed by atoms with Crippen LogP contribution in [0.5, 0.6) is 11.6 Å². The van der Waals surface area contributed by atoms with Crippen molar-refractivity contribution in [3.05, 3.63) is 40.6 Å². The van der Waals surface area contributed by atoms with E-state index in [0.29, 0.717) is 41.6 Å². The number of ether oxygens (including phenoxy) is 2. The van der Waals surface area contributed by atoms with E-state index in [2.05, 4.69) is 15.0 Å². The molecule has 1 aliphatic rings. The van der Waals surface area contributed by atoms with Gasteiger partial charge in [-0.15, -0.1) is 0 Å². The van der Waals surface area contributed by atoms with Gasteiger partial charge in [0, 0.05) is 12.3 Å². The average Bonchev–Trinajstić information content (AvgIpc) is 2.92. The van der Waals surface area contributed by atoms with Crippen LogP contribution in [0.2, 0.25) is 0 Å². The number of imidazole rings is 1. The van der Waals surface area contributed by atoms with Crippen LogP contribution in [0.4, 0.5) is 5.82 Å². The van der Waals surface area contributed by atoms with Crippen LogP contribution in [0.1, 0.15) is 25.0 Å². The molecule has 0 saturated carbocycles. The molecule has 3 aromatic rings. The number of pyridine rings is 2. The fraction of sp³-hybridized carbons (Fsp3) is 0.353. The van der Waals surface area contributed by atoms with Crippen molar-refractivity contribution >= 4 is 16.9 Å². The Hall–Kier alpha value is -3.03. The van der Waals surface area contributed by atoms with Gasteiger partial charge in [-0.05, 0) is 31.4 Å². The Bertz CT molecular complexity index is 963. The van der Waals surface area contributed by atoms with Gasteiger partial charge in [-0.1, -0.05) is 0 Å². The number of aromatic amines is 1. The highest BCUT2D eigenvalue weighted by molar-refractivity contribution is 5.85. The van der Waals surface area contributed by atoms with Crippen molar-refractivity contribution in [1.82, 2.24) is 19.5 Å². The number of hydrogen-bond acceptors (Lipinski definition) is 6. The summed E-state index contributed by atoms with van der Waals surface area (Å²) in [5.41, 5.74) is 7.55. The lowest BCUT2D eigenvalue weighted by atomic mass is 10.2. The largest absolute Gasteiger partial charge is 0.492 e. The Morgan fingerprint density at radius 1 is 1.20 bits per heavy atom. The zero-order valence-electron chi connectivity index (χ0n) is 13.7. The van der Waals surface area contributed by atoms with Crippen molar-refractivity contribution in [2.75, 3.05) is 18.9 Å². The molecule has 4 heterocycles. The Morgan fingerprint density at radius 3 is 2.92 bits per heavy atom. The van der Waals surface area contributed by atoms with E-state index in [1.165, 1.54) is 0 Å². The monoisotopic (exact) mass is 341 g/mol. The van der Waals surface area contributed by atoms with E-state index in [-0.39, 0.29) is 18.1 Å². The second-order valence-corrected chi connectivity index (χ2v) is 5.96. The highest BCUT2D eigenvalue weighted by Crippen LogP contribution is 2.24. The van der Waals surface area contributed by atoms with Gasteiger partial charge in [0.25, 0.3) is 0 Å². The molecule has 0 saturated heterocycles. The summed E-state index contributed by atoms with van der Waals surface area (Å²) in [7, 11) is 0. The van der Waals surface area contributed by atoms with Gasteiger partial charge in [-0.3, -0.25) is 9.55 Å². The lowest BCUT2D eigenvalue weighted by Gasteiger charge is -2.13. The first kappa shape index (κ1) is 15.5. The maximum Gasteiger partial charge on any atom is 0.326 e. The van der Waals surface area contributed by atoms with E-state index < -0.39 is 0 Å². The predicted octanol–water partition coefficient (Wildman–Crippen LogP) is 1.69. The first-order chi connectivity index (χ1) is 12.2. The summed E-state index contributed by atoms with van der Waals surface area (Å²) in [5, 5.41) is 0. The zero-order valence-corrected chi connectivity index (χ0v) is 13.7. The molecule has 0 atom stereocenters. The third kappa shape index (κ3) is 3.02. The minimum atomic E-state index is -0.274. The fourth-order valence-electron chi connectivity index (χ4n) is 2.95. The number of aromatic nitrogens is 4. The second-order valence-electron chi connectivity index (χ2n) is 5.96. The highest BCUT2D eigenvalue weighted by Gasteiger charge is 2.16. The number of nitrogen functional groups attached to an aromatic ring is 1. The molecule has 1 aliphatic heterocycles. The van der Waals surface area contributed by atoms with Crippen molar-refractivity contribution in [3.63, 3.8) is 0 Å². The lowest BCUT2D eigenvalue weighted by Crippen LogP contribution is -2.18. The van der Waals surface area contributed by atoms with Gasteiger partial charge in [-0.25, -0.2) is 4.79 Å². The minimum absolute atomic E-state index is 0.243. The lowest BCUT2D eigenvalue weighted by molar-refractivity contribution is 0.272. The summed E-state index contributed by atoms with van der Waals surface area (Å²) >= 11 is 0. The van der Waals surface area contributed by atoms with Crippen LogP contribution >= 0.6 is 0 Å². The van der Waals surface area contributed by atoms with Crippen LogP contribution in [0.3, 0.4) is 0 Å². The van der Waals surface area contributed by atoms with E-state index >= 15 is 0 Å². The van der Waals surface area contributed by atoms with Gasteiger partial charge in [0.2, 0.25) is 5.88 Å². The van der Waals surface area contributed by atoms with E-state index in [0.717, 1.165) is 19.3 Å². The van der Waals surface area contributed by atoms with Gasteiger partial charge >= 0.3 is 5.69 Å². The average molecular weight is 341 g/mol. The van der Waals surface area contributed by atoms with Crippen LogP contribution in [-0.2, 0) is 6.54 Å². The van der Waals surface area contributed by atoms with Crippen LogP contribution in [0.15, 0.2) is 29.2 Å². The molecule has 2 bridgehead atoms. The minimum Gasteiger partial charge on any atom is -0.492 e. The van der Waals surface area contributed by atoms with Crippen molar-refractivity contribution in [2.45, 2.75) is 25.8 Å². The summed E-state index contributed by atoms with van der Waals surface area (Å²) in [6.07, 6.45) is 4.49. The molecule has 25 heavy (non-hydrogen) atoms. The Labute approximate surface area is 143 Å². The predicted molar refractivity (Wildman–Crippen MR) is 92.9 cm³/mol. The summed E-state index contributed by atoms with van der Waals surface area (Å²) in [5.74, 6) is 1.36. The van der Waals surface area contributed by atoms with Crippen LogP contribution in [0, 0.1) is 0 Å². The Kier molecular flexibility index (Phi) is 4.01. The molecular weight excluding hydrogens is 322 g/mol. The maximum atomic E-state index is 12.4. The maximum absolute atomic E-state index is 12.4. The van der Waals surface area contributed by atoms with Gasteiger partial charge in [-0.2, -0.15) is 4.98 Å². The molecule has 0 aromatic carbocycles. The van der Waals surface area contributed by atoms with Crippen molar-refractivity contribution in [3.8, 4) is 11.6 Å². The highest BCUT2D eigenvalue weighted by atomic mass is 16.5. The SMILES string of the molecule is Nc1nc2cc3c1[nH]c(=O)n3Cc1ncccc1OCCCCCO2. The second kappa shape index (κ2) is 6.46. The number of anilines is 1. The first-order valence-corrected chi connectivity index (χ1v) is 8.31. The molecule has 0 aliphatic carbocycles. The van der Waals surface area contributed by atoms with E-state index in [1.54, 1.807) is 16.8 Å².